The number of benzene rings is 2. The summed E-state index contributed by atoms with van der Waals surface area (Å²) in [6.07, 6.45) is 2.68. The Kier molecular flexibility index (Phi) is 6.81. The van der Waals surface area contributed by atoms with Crippen molar-refractivity contribution in [1.29, 1.82) is 0 Å². The van der Waals surface area contributed by atoms with Crippen LogP contribution in [0.25, 0.3) is 0 Å². The predicted octanol–water partition coefficient (Wildman–Crippen LogP) is 5.53. The molecule has 1 aliphatic carbocycles. The van der Waals surface area contributed by atoms with Gasteiger partial charge in [-0.05, 0) is 73.7 Å². The third-order valence-electron chi connectivity index (χ3n) is 5.44. The number of methoxy groups -OCH3 is 1. The summed E-state index contributed by atoms with van der Waals surface area (Å²) in [5.74, 6) is 0.472. The summed E-state index contributed by atoms with van der Waals surface area (Å²) in [4.78, 5) is 12.8. The molecule has 0 aliphatic heterocycles. The Morgan fingerprint density at radius 1 is 1.16 bits per heavy atom. The van der Waals surface area contributed by atoms with Crippen molar-refractivity contribution in [2.24, 2.45) is 5.10 Å². The minimum atomic E-state index is -0.322. The van der Waals surface area contributed by atoms with E-state index in [9.17, 15) is 4.79 Å². The summed E-state index contributed by atoms with van der Waals surface area (Å²) < 4.78 is 12.6. The van der Waals surface area contributed by atoms with Crippen LogP contribution in [-0.4, -0.2) is 30.0 Å². The first-order chi connectivity index (χ1) is 15.6. The standard InChI is InChI=1S/C25H26ClN3O3/c1-3-32-25(30)23-14-18-6-4-9-22(28-27-20-8-5-7-19(26)15-20)24(18)29(23)16-17-10-12-21(31-2)13-11-17/h5,7-8,10-15,27H,3-4,6,9,16H2,1-2H3/b28-22+. The molecule has 0 bridgehead atoms. The average Bonchev–Trinajstić information content (AvgIpc) is 3.17. The van der Waals surface area contributed by atoms with E-state index in [-0.39, 0.29) is 5.97 Å². The predicted molar refractivity (Wildman–Crippen MR) is 127 cm³/mol. The van der Waals surface area contributed by atoms with Crippen LogP contribution in [-0.2, 0) is 17.7 Å². The number of aryl methyl sites for hydroxylation is 1. The van der Waals surface area contributed by atoms with Gasteiger partial charge in [-0.3, -0.25) is 5.43 Å². The number of fused-ring (bicyclic) bond motifs is 1. The Bertz CT molecular complexity index is 1140. The molecular formula is C25H26ClN3O3. The van der Waals surface area contributed by atoms with Gasteiger partial charge in [-0.1, -0.05) is 29.8 Å². The number of ether oxygens (including phenoxy) is 2. The van der Waals surface area contributed by atoms with Gasteiger partial charge in [0.15, 0.2) is 0 Å². The van der Waals surface area contributed by atoms with E-state index in [2.05, 4.69) is 5.43 Å². The highest BCUT2D eigenvalue weighted by Crippen LogP contribution is 2.28. The molecule has 0 saturated carbocycles. The Morgan fingerprint density at radius 3 is 2.69 bits per heavy atom. The lowest BCUT2D eigenvalue weighted by Crippen LogP contribution is -2.21. The van der Waals surface area contributed by atoms with E-state index in [4.69, 9.17) is 26.2 Å². The summed E-state index contributed by atoms with van der Waals surface area (Å²) in [6.45, 7) is 2.68. The Hall–Kier alpha value is -3.25. The number of hydrogen-bond donors (Lipinski definition) is 1. The fourth-order valence-corrected chi connectivity index (χ4v) is 4.14. The number of carbonyl (C=O) groups is 1. The fourth-order valence-electron chi connectivity index (χ4n) is 3.95. The van der Waals surface area contributed by atoms with Crippen LogP contribution in [0.15, 0.2) is 59.7 Å². The molecule has 1 N–H and O–H groups in total. The van der Waals surface area contributed by atoms with E-state index in [1.807, 2.05) is 66.1 Å². The molecule has 0 radical (unpaired) electrons. The molecule has 0 spiro atoms. The zero-order chi connectivity index (χ0) is 22.5. The zero-order valence-corrected chi connectivity index (χ0v) is 19.0. The Balaban J connectivity index is 1.73. The Morgan fingerprint density at radius 2 is 1.97 bits per heavy atom. The second kappa shape index (κ2) is 9.92. The average molecular weight is 452 g/mol. The molecule has 0 fully saturated rings. The summed E-state index contributed by atoms with van der Waals surface area (Å²) in [5, 5.41) is 5.34. The molecule has 2 aromatic carbocycles. The highest BCUT2D eigenvalue weighted by molar-refractivity contribution is 6.30. The van der Waals surface area contributed by atoms with Crippen molar-refractivity contribution >= 4 is 29.0 Å². The van der Waals surface area contributed by atoms with E-state index in [0.29, 0.717) is 23.9 Å². The van der Waals surface area contributed by atoms with E-state index in [0.717, 1.165) is 53.2 Å². The SMILES string of the molecule is CCOC(=O)c1cc2c(n1Cc1ccc(OC)cc1)/C(=N/Nc1cccc(Cl)c1)CCC2. The maximum Gasteiger partial charge on any atom is 0.354 e. The van der Waals surface area contributed by atoms with E-state index < -0.39 is 0 Å². The number of esters is 1. The van der Waals surface area contributed by atoms with Gasteiger partial charge in [-0.15, -0.1) is 0 Å². The van der Waals surface area contributed by atoms with E-state index >= 15 is 0 Å². The summed E-state index contributed by atoms with van der Waals surface area (Å²) in [5.41, 5.74) is 8.54. The van der Waals surface area contributed by atoms with Crippen LogP contribution in [0.5, 0.6) is 5.75 Å². The van der Waals surface area contributed by atoms with Gasteiger partial charge in [-0.2, -0.15) is 5.10 Å². The molecule has 0 saturated heterocycles. The molecule has 1 aliphatic rings. The number of halogens is 1. The lowest BCUT2D eigenvalue weighted by atomic mass is 9.96. The Labute approximate surface area is 192 Å². The number of rotatable bonds is 7. The van der Waals surface area contributed by atoms with Crippen molar-refractivity contribution in [3.8, 4) is 5.75 Å². The number of hydrogen-bond acceptors (Lipinski definition) is 5. The highest BCUT2D eigenvalue weighted by Gasteiger charge is 2.27. The third kappa shape index (κ3) is 4.81. The molecule has 3 aromatic rings. The second-order valence-electron chi connectivity index (χ2n) is 7.59. The smallest absolute Gasteiger partial charge is 0.354 e. The number of nitrogens with zero attached hydrogens (tertiary/aromatic N) is 2. The van der Waals surface area contributed by atoms with Crippen molar-refractivity contribution in [1.82, 2.24) is 4.57 Å². The van der Waals surface area contributed by atoms with Gasteiger partial charge in [-0.25, -0.2) is 4.79 Å². The lowest BCUT2D eigenvalue weighted by Gasteiger charge is -2.19. The molecule has 166 valence electrons. The molecular weight excluding hydrogens is 426 g/mol. The van der Waals surface area contributed by atoms with Crippen LogP contribution in [0.2, 0.25) is 5.02 Å². The molecule has 0 unspecified atom stereocenters. The molecule has 0 amide bonds. The maximum absolute atomic E-state index is 12.8. The third-order valence-corrected chi connectivity index (χ3v) is 5.67. The molecule has 6 nitrogen and oxygen atoms in total. The normalized spacial score (nSPS) is 14.2. The molecule has 32 heavy (non-hydrogen) atoms. The topological polar surface area (TPSA) is 64.8 Å². The number of carbonyl (C=O) groups excluding carboxylic acids is 1. The molecule has 1 aromatic heterocycles. The van der Waals surface area contributed by atoms with Crippen LogP contribution < -0.4 is 10.2 Å². The largest absolute Gasteiger partial charge is 0.497 e. The van der Waals surface area contributed by atoms with Crippen molar-refractivity contribution < 1.29 is 14.3 Å². The van der Waals surface area contributed by atoms with Gasteiger partial charge < -0.3 is 14.0 Å². The number of anilines is 1. The monoisotopic (exact) mass is 451 g/mol. The zero-order valence-electron chi connectivity index (χ0n) is 18.2. The first-order valence-electron chi connectivity index (χ1n) is 10.7. The molecule has 4 rings (SSSR count). The summed E-state index contributed by atoms with van der Waals surface area (Å²) >= 11 is 6.10. The summed E-state index contributed by atoms with van der Waals surface area (Å²) in [7, 11) is 1.64. The van der Waals surface area contributed by atoms with E-state index in [1.165, 1.54) is 0 Å². The first kappa shape index (κ1) is 22.0. The number of aromatic nitrogens is 1. The second-order valence-corrected chi connectivity index (χ2v) is 8.03. The number of nitrogens with one attached hydrogen (secondary N) is 1. The summed E-state index contributed by atoms with van der Waals surface area (Å²) in [6, 6.07) is 17.2. The van der Waals surface area contributed by atoms with Gasteiger partial charge in [0.2, 0.25) is 0 Å². The minimum absolute atomic E-state index is 0.322. The quantitative estimate of drug-likeness (QED) is 0.379. The van der Waals surface area contributed by atoms with Crippen LogP contribution in [0.4, 0.5) is 5.69 Å². The highest BCUT2D eigenvalue weighted by atomic mass is 35.5. The molecule has 1 heterocycles. The lowest BCUT2D eigenvalue weighted by molar-refractivity contribution is 0.0514. The van der Waals surface area contributed by atoms with Crippen molar-refractivity contribution in [3.05, 3.63) is 82.1 Å². The van der Waals surface area contributed by atoms with Crippen molar-refractivity contribution in [2.45, 2.75) is 32.7 Å². The van der Waals surface area contributed by atoms with Gasteiger partial charge >= 0.3 is 5.97 Å². The van der Waals surface area contributed by atoms with Gasteiger partial charge in [0.25, 0.3) is 0 Å². The van der Waals surface area contributed by atoms with Gasteiger partial charge in [0.1, 0.15) is 11.4 Å². The van der Waals surface area contributed by atoms with Gasteiger partial charge in [0.05, 0.1) is 30.8 Å². The van der Waals surface area contributed by atoms with Crippen LogP contribution in [0, 0.1) is 0 Å². The van der Waals surface area contributed by atoms with Crippen LogP contribution >= 0.6 is 11.6 Å². The van der Waals surface area contributed by atoms with Crippen molar-refractivity contribution in [3.63, 3.8) is 0 Å². The van der Waals surface area contributed by atoms with Crippen LogP contribution in [0.1, 0.15) is 47.1 Å². The minimum Gasteiger partial charge on any atom is -0.497 e. The first-order valence-corrected chi connectivity index (χ1v) is 11.1. The maximum atomic E-state index is 12.8. The van der Waals surface area contributed by atoms with E-state index in [1.54, 1.807) is 7.11 Å². The molecule has 0 atom stereocenters. The number of hydrazone groups is 1. The molecule has 7 heteroatoms. The fraction of sp³-hybridized carbons (Fsp3) is 0.280. The van der Waals surface area contributed by atoms with Crippen molar-refractivity contribution in [2.75, 3.05) is 19.1 Å². The van der Waals surface area contributed by atoms with Crippen LogP contribution in [0.3, 0.4) is 0 Å². The van der Waals surface area contributed by atoms with Gasteiger partial charge in [0, 0.05) is 11.6 Å².